The topological polar surface area (TPSA) is 96.6 Å². The van der Waals surface area contributed by atoms with Gasteiger partial charge in [-0.05, 0) is 42.8 Å². The molecule has 0 aliphatic rings. The minimum Gasteiger partial charge on any atom is -0.477 e. The largest absolute Gasteiger partial charge is 0.477 e. The van der Waals surface area contributed by atoms with E-state index in [1.807, 2.05) is 0 Å². The van der Waals surface area contributed by atoms with E-state index in [9.17, 15) is 27.9 Å². The van der Waals surface area contributed by atoms with Crippen molar-refractivity contribution in [3.8, 4) is 11.3 Å². The molecule has 0 saturated heterocycles. The van der Waals surface area contributed by atoms with Gasteiger partial charge in [-0.3, -0.25) is 4.79 Å². The molecule has 4 rings (SSSR count). The number of carboxylic acids is 1. The molecule has 0 spiro atoms. The number of hydrogen-bond donors (Lipinski definition) is 2. The van der Waals surface area contributed by atoms with E-state index in [2.05, 4.69) is 15.4 Å². The van der Waals surface area contributed by atoms with Crippen molar-refractivity contribution in [3.05, 3.63) is 82.1 Å². The number of benzene rings is 2. The second-order valence-corrected chi connectivity index (χ2v) is 7.51. The summed E-state index contributed by atoms with van der Waals surface area (Å²) in [6.45, 7) is 1.31. The first-order valence-electron chi connectivity index (χ1n) is 9.41. The van der Waals surface area contributed by atoms with E-state index in [0.29, 0.717) is 11.3 Å². The number of fused-ring (bicyclic) bond motifs is 1. The Kier molecular flexibility index (Phi) is 5.54. The fourth-order valence-corrected chi connectivity index (χ4v) is 3.47. The number of carbonyl (C=O) groups excluding carboxylic acids is 1. The molecule has 0 unspecified atom stereocenters. The number of aromatic carboxylic acids is 1. The molecule has 4 aromatic rings. The molecular formula is C22H14ClF3N4O3. The molecule has 0 bridgehead atoms. The molecule has 0 saturated carbocycles. The number of carbonyl (C=O) groups is 2. The smallest absolute Gasteiger partial charge is 0.416 e. The number of carboxylic acid groups (broad SMARTS) is 1. The average Bonchev–Trinajstić information content (AvgIpc) is 3.19. The van der Waals surface area contributed by atoms with Gasteiger partial charge in [-0.25, -0.2) is 14.3 Å². The molecule has 0 radical (unpaired) electrons. The first kappa shape index (κ1) is 22.3. The summed E-state index contributed by atoms with van der Waals surface area (Å²) in [5.41, 5.74) is 0.0982. The van der Waals surface area contributed by atoms with Crippen LogP contribution in [0, 0.1) is 6.92 Å². The van der Waals surface area contributed by atoms with E-state index in [1.54, 1.807) is 12.1 Å². The minimum absolute atomic E-state index is 0.000682. The number of nitrogens with one attached hydrogen (secondary N) is 1. The van der Waals surface area contributed by atoms with Gasteiger partial charge in [0.05, 0.1) is 28.2 Å². The standard InChI is InChI=1S/C22H14ClF3N4O3/c1-11-2-3-13(8-15(11)22(24,25)26)20(31)29-17-9-12(4-5-16(17)23)18-6-7-27-19-14(21(32)33)10-28-30(18)19/h2-10H,1H3,(H,29,31)(H,32,33). The number of hydrogen-bond acceptors (Lipinski definition) is 4. The molecule has 168 valence electrons. The van der Waals surface area contributed by atoms with Gasteiger partial charge in [0.25, 0.3) is 5.91 Å². The summed E-state index contributed by atoms with van der Waals surface area (Å²) >= 11 is 6.20. The zero-order chi connectivity index (χ0) is 23.9. The van der Waals surface area contributed by atoms with Gasteiger partial charge in [0.2, 0.25) is 0 Å². The van der Waals surface area contributed by atoms with Crippen LogP contribution >= 0.6 is 11.6 Å². The zero-order valence-corrected chi connectivity index (χ0v) is 17.6. The van der Waals surface area contributed by atoms with Crippen molar-refractivity contribution in [2.75, 3.05) is 5.32 Å². The molecule has 11 heteroatoms. The summed E-state index contributed by atoms with van der Waals surface area (Å²) in [5, 5.41) is 16.0. The number of rotatable bonds is 4. The number of anilines is 1. The summed E-state index contributed by atoms with van der Waals surface area (Å²) in [6.07, 6.45) is -2.01. The lowest BCUT2D eigenvalue weighted by atomic mass is 10.0. The Hall–Kier alpha value is -3.92. The second-order valence-electron chi connectivity index (χ2n) is 7.11. The fraction of sp³-hybridized carbons (Fsp3) is 0.0909. The normalized spacial score (nSPS) is 11.5. The average molecular weight is 475 g/mol. The Morgan fingerprint density at radius 3 is 2.58 bits per heavy atom. The highest BCUT2D eigenvalue weighted by Gasteiger charge is 2.33. The van der Waals surface area contributed by atoms with Crippen LogP contribution in [-0.2, 0) is 6.18 Å². The van der Waals surface area contributed by atoms with Crippen LogP contribution in [0.5, 0.6) is 0 Å². The minimum atomic E-state index is -4.59. The maximum absolute atomic E-state index is 13.2. The van der Waals surface area contributed by atoms with Gasteiger partial charge >= 0.3 is 12.1 Å². The second kappa shape index (κ2) is 8.21. The fourth-order valence-electron chi connectivity index (χ4n) is 3.30. The van der Waals surface area contributed by atoms with Crippen molar-refractivity contribution in [2.24, 2.45) is 0 Å². The molecule has 0 fully saturated rings. The van der Waals surface area contributed by atoms with Gasteiger partial charge in [-0.1, -0.05) is 23.7 Å². The molecule has 2 aromatic carbocycles. The molecule has 0 aliphatic carbocycles. The van der Waals surface area contributed by atoms with E-state index < -0.39 is 23.6 Å². The van der Waals surface area contributed by atoms with Crippen molar-refractivity contribution in [1.29, 1.82) is 0 Å². The van der Waals surface area contributed by atoms with Crippen LogP contribution < -0.4 is 5.32 Å². The third kappa shape index (κ3) is 4.24. The highest BCUT2D eigenvalue weighted by Crippen LogP contribution is 2.33. The Morgan fingerprint density at radius 1 is 1.12 bits per heavy atom. The highest BCUT2D eigenvalue weighted by molar-refractivity contribution is 6.34. The Bertz CT molecular complexity index is 1420. The Balaban J connectivity index is 1.70. The molecular weight excluding hydrogens is 461 g/mol. The molecule has 1 amide bonds. The van der Waals surface area contributed by atoms with Crippen molar-refractivity contribution in [3.63, 3.8) is 0 Å². The van der Waals surface area contributed by atoms with E-state index in [-0.39, 0.29) is 33.0 Å². The number of aryl methyl sites for hydroxylation is 1. The molecule has 2 N–H and O–H groups in total. The maximum Gasteiger partial charge on any atom is 0.416 e. The number of aromatic nitrogens is 3. The van der Waals surface area contributed by atoms with Crippen LogP contribution in [0.4, 0.5) is 18.9 Å². The van der Waals surface area contributed by atoms with Crippen molar-refractivity contribution in [2.45, 2.75) is 13.1 Å². The first-order valence-corrected chi connectivity index (χ1v) is 9.79. The van der Waals surface area contributed by atoms with Gasteiger partial charge in [-0.15, -0.1) is 0 Å². The predicted octanol–water partition coefficient (Wildman–Crippen LogP) is 5.33. The summed E-state index contributed by atoms with van der Waals surface area (Å²) in [5.74, 6) is -1.96. The van der Waals surface area contributed by atoms with Crippen molar-refractivity contribution in [1.82, 2.24) is 14.6 Å². The lowest BCUT2D eigenvalue weighted by Gasteiger charge is -2.13. The third-order valence-electron chi connectivity index (χ3n) is 4.95. The summed E-state index contributed by atoms with van der Waals surface area (Å²) in [6, 6.07) is 9.53. The highest BCUT2D eigenvalue weighted by atomic mass is 35.5. The Labute approximate surface area is 189 Å². The molecule has 0 atom stereocenters. The van der Waals surface area contributed by atoms with Crippen molar-refractivity contribution < 1.29 is 27.9 Å². The molecule has 0 aliphatic heterocycles. The SMILES string of the molecule is Cc1ccc(C(=O)Nc2cc(-c3ccnc4c(C(=O)O)cnn34)ccc2Cl)cc1C(F)(F)F. The molecule has 2 heterocycles. The van der Waals surface area contributed by atoms with Crippen LogP contribution in [0.25, 0.3) is 16.9 Å². The van der Waals surface area contributed by atoms with Crippen LogP contribution in [0.2, 0.25) is 5.02 Å². The van der Waals surface area contributed by atoms with E-state index >= 15 is 0 Å². The Morgan fingerprint density at radius 2 is 1.88 bits per heavy atom. The number of nitrogens with zero attached hydrogens (tertiary/aromatic N) is 3. The molecule has 2 aromatic heterocycles. The predicted molar refractivity (Wildman–Crippen MR) is 115 cm³/mol. The molecule has 7 nitrogen and oxygen atoms in total. The summed E-state index contributed by atoms with van der Waals surface area (Å²) < 4.78 is 40.9. The first-order chi connectivity index (χ1) is 15.6. The zero-order valence-electron chi connectivity index (χ0n) is 16.8. The monoisotopic (exact) mass is 474 g/mol. The van der Waals surface area contributed by atoms with Gasteiger partial charge in [-0.2, -0.15) is 18.3 Å². The van der Waals surface area contributed by atoms with Crippen LogP contribution in [-0.4, -0.2) is 31.6 Å². The number of halogens is 4. The number of alkyl halides is 3. The van der Waals surface area contributed by atoms with Crippen LogP contribution in [0.3, 0.4) is 0 Å². The lowest BCUT2D eigenvalue weighted by molar-refractivity contribution is -0.138. The van der Waals surface area contributed by atoms with Gasteiger partial charge < -0.3 is 10.4 Å². The van der Waals surface area contributed by atoms with Gasteiger partial charge in [0.15, 0.2) is 5.65 Å². The van der Waals surface area contributed by atoms with Crippen LogP contribution in [0.15, 0.2) is 54.9 Å². The lowest BCUT2D eigenvalue weighted by Crippen LogP contribution is -2.15. The van der Waals surface area contributed by atoms with E-state index in [0.717, 1.165) is 6.07 Å². The summed E-state index contributed by atoms with van der Waals surface area (Å²) in [4.78, 5) is 28.1. The van der Waals surface area contributed by atoms with Crippen LogP contribution in [0.1, 0.15) is 31.8 Å². The van der Waals surface area contributed by atoms with E-state index in [1.165, 1.54) is 48.1 Å². The van der Waals surface area contributed by atoms with Crippen molar-refractivity contribution >= 4 is 34.8 Å². The summed E-state index contributed by atoms with van der Waals surface area (Å²) in [7, 11) is 0. The van der Waals surface area contributed by atoms with Gasteiger partial charge in [0.1, 0.15) is 5.56 Å². The van der Waals surface area contributed by atoms with E-state index in [4.69, 9.17) is 11.6 Å². The molecule has 33 heavy (non-hydrogen) atoms. The van der Waals surface area contributed by atoms with Gasteiger partial charge in [0, 0.05) is 17.3 Å². The number of amides is 1. The quantitative estimate of drug-likeness (QED) is 0.417. The maximum atomic E-state index is 13.2. The third-order valence-corrected chi connectivity index (χ3v) is 5.28.